The number of hydrogen-bond donors (Lipinski definition) is 2. The molecule has 0 saturated heterocycles. The van der Waals surface area contributed by atoms with Gasteiger partial charge in [-0.15, -0.1) is 0 Å². The number of aliphatic hydroxyl groups is 1. The molecule has 1 aliphatic rings. The minimum atomic E-state index is -4.56. The van der Waals surface area contributed by atoms with E-state index in [2.05, 4.69) is 0 Å². The molecule has 0 aliphatic heterocycles. The van der Waals surface area contributed by atoms with Gasteiger partial charge in [0, 0.05) is 5.92 Å². The average molecular weight is 304 g/mol. The molecule has 0 aromatic carbocycles. The van der Waals surface area contributed by atoms with Crippen molar-refractivity contribution < 1.29 is 27.6 Å². The summed E-state index contributed by atoms with van der Waals surface area (Å²) >= 11 is 0. The van der Waals surface area contributed by atoms with Gasteiger partial charge < -0.3 is 9.84 Å². The molecule has 1 rings (SSSR count). The van der Waals surface area contributed by atoms with Crippen LogP contribution in [0.4, 0.5) is 0 Å². The van der Waals surface area contributed by atoms with Crippen molar-refractivity contribution >= 4 is 45.6 Å². The van der Waals surface area contributed by atoms with Crippen molar-refractivity contribution in [2.24, 2.45) is 23.2 Å². The van der Waals surface area contributed by atoms with E-state index in [4.69, 9.17) is 9.29 Å². The van der Waals surface area contributed by atoms with Crippen molar-refractivity contribution in [2.75, 3.05) is 6.61 Å². The molecule has 0 heterocycles. The molecule has 0 spiro atoms. The van der Waals surface area contributed by atoms with Crippen LogP contribution in [-0.4, -0.2) is 65.6 Å². The van der Waals surface area contributed by atoms with Gasteiger partial charge in [-0.05, 0) is 11.3 Å². The van der Waals surface area contributed by atoms with E-state index in [0.29, 0.717) is 0 Å². The second-order valence-corrected chi connectivity index (χ2v) is 7.27. The number of rotatable bonds is 5. The number of aliphatic hydroxyl groups excluding tert-OH is 1. The molecule has 3 atom stereocenters. The Balaban J connectivity index is 0.00000324. The Morgan fingerprint density at radius 1 is 1.37 bits per heavy atom. The van der Waals surface area contributed by atoms with E-state index < -0.39 is 38.8 Å². The summed E-state index contributed by atoms with van der Waals surface area (Å²) in [5.74, 6) is -1.87. The Morgan fingerprint density at radius 3 is 2.21 bits per heavy atom. The molecule has 8 heteroatoms. The molecule has 1 saturated carbocycles. The summed E-state index contributed by atoms with van der Waals surface area (Å²) in [6.45, 7) is 7.34. The predicted molar refractivity (Wildman–Crippen MR) is 71.3 cm³/mol. The fourth-order valence-electron chi connectivity index (χ4n) is 2.18. The van der Waals surface area contributed by atoms with Gasteiger partial charge in [-0.2, -0.15) is 8.42 Å². The van der Waals surface area contributed by atoms with Gasteiger partial charge in [-0.1, -0.05) is 27.7 Å². The van der Waals surface area contributed by atoms with Crippen LogP contribution in [0.15, 0.2) is 0 Å². The summed E-state index contributed by atoms with van der Waals surface area (Å²) in [6.07, 6.45) is 0. The van der Waals surface area contributed by atoms with Gasteiger partial charge in [-0.25, -0.2) is 0 Å². The van der Waals surface area contributed by atoms with Gasteiger partial charge in [0.1, 0.15) is 0 Å². The van der Waals surface area contributed by atoms with Gasteiger partial charge in [0.15, 0.2) is 5.44 Å². The molecule has 0 amide bonds. The summed E-state index contributed by atoms with van der Waals surface area (Å²) in [4.78, 5) is 11.8. The molecule has 0 bridgehead atoms. The quantitative estimate of drug-likeness (QED) is 0.422. The second kappa shape index (κ2) is 6.41. The standard InChI is InChI=1S/C11H20O6S.Na.H/c1-6(2)5-17-9(12)7-8(11(7,3)4)10(13)18(14,15)16;;/h6-8,10,13H,5H2,1-4H3,(H,14,15,16);;. The van der Waals surface area contributed by atoms with Crippen LogP contribution in [0.5, 0.6) is 0 Å². The maximum absolute atomic E-state index is 11.8. The van der Waals surface area contributed by atoms with Crippen LogP contribution in [0.1, 0.15) is 27.7 Å². The molecule has 6 nitrogen and oxygen atoms in total. The Bertz CT molecular complexity index is 430. The number of carbonyl (C=O) groups is 1. The van der Waals surface area contributed by atoms with Crippen LogP contribution >= 0.6 is 0 Å². The molecular weight excluding hydrogens is 283 g/mol. The molecule has 0 radical (unpaired) electrons. The van der Waals surface area contributed by atoms with Crippen LogP contribution < -0.4 is 0 Å². The number of carbonyl (C=O) groups excluding carboxylic acids is 1. The third-order valence-electron chi connectivity index (χ3n) is 3.34. The SMILES string of the molecule is CC(C)COC(=O)C1C(C(O)S(=O)(=O)O)C1(C)C.[NaH]. The molecule has 1 fully saturated rings. The normalized spacial score (nSPS) is 26.5. The monoisotopic (exact) mass is 304 g/mol. The van der Waals surface area contributed by atoms with Crippen molar-refractivity contribution in [2.45, 2.75) is 33.1 Å². The van der Waals surface area contributed by atoms with Gasteiger partial charge >= 0.3 is 35.5 Å². The van der Waals surface area contributed by atoms with E-state index in [1.165, 1.54) is 0 Å². The van der Waals surface area contributed by atoms with Gasteiger partial charge in [0.2, 0.25) is 0 Å². The fourth-order valence-corrected chi connectivity index (χ4v) is 3.06. The van der Waals surface area contributed by atoms with Crippen LogP contribution in [0, 0.1) is 23.2 Å². The Labute approximate surface area is 135 Å². The van der Waals surface area contributed by atoms with E-state index >= 15 is 0 Å². The maximum atomic E-state index is 11.8. The second-order valence-electron chi connectivity index (χ2n) is 5.75. The predicted octanol–water partition coefficient (Wildman–Crippen LogP) is 0.0155. The first kappa shape index (κ1) is 19.3. The molecule has 0 aromatic rings. The number of hydrogen-bond acceptors (Lipinski definition) is 5. The van der Waals surface area contributed by atoms with Crippen LogP contribution in [-0.2, 0) is 19.6 Å². The average Bonchev–Trinajstić information content (AvgIpc) is 2.75. The Hall–Kier alpha value is 0.340. The molecule has 108 valence electrons. The summed E-state index contributed by atoms with van der Waals surface area (Å²) in [7, 11) is -4.56. The van der Waals surface area contributed by atoms with E-state index in [-0.39, 0.29) is 42.1 Å². The van der Waals surface area contributed by atoms with E-state index in [1.807, 2.05) is 13.8 Å². The molecule has 0 aromatic heterocycles. The Morgan fingerprint density at radius 2 is 1.84 bits per heavy atom. The zero-order chi connectivity index (χ0) is 14.3. The number of ether oxygens (including phenoxy) is 1. The third-order valence-corrected chi connectivity index (χ3v) is 4.24. The van der Waals surface area contributed by atoms with Crippen molar-refractivity contribution in [1.29, 1.82) is 0 Å². The van der Waals surface area contributed by atoms with Crippen LogP contribution in [0.2, 0.25) is 0 Å². The summed E-state index contributed by atoms with van der Waals surface area (Å²) in [6, 6.07) is 0. The van der Waals surface area contributed by atoms with Crippen molar-refractivity contribution in [3.05, 3.63) is 0 Å². The topological polar surface area (TPSA) is 101 Å². The van der Waals surface area contributed by atoms with Crippen LogP contribution in [0.3, 0.4) is 0 Å². The first-order valence-electron chi connectivity index (χ1n) is 5.80. The van der Waals surface area contributed by atoms with Crippen molar-refractivity contribution in [3.8, 4) is 0 Å². The van der Waals surface area contributed by atoms with Crippen LogP contribution in [0.25, 0.3) is 0 Å². The molecule has 19 heavy (non-hydrogen) atoms. The van der Waals surface area contributed by atoms with E-state index in [0.717, 1.165) is 0 Å². The Kier molecular flexibility index (Phi) is 6.52. The third kappa shape index (κ3) is 4.41. The van der Waals surface area contributed by atoms with E-state index in [1.54, 1.807) is 13.8 Å². The van der Waals surface area contributed by atoms with Crippen molar-refractivity contribution in [1.82, 2.24) is 0 Å². The van der Waals surface area contributed by atoms with Gasteiger partial charge in [-0.3, -0.25) is 9.35 Å². The van der Waals surface area contributed by atoms with Crippen molar-refractivity contribution in [3.63, 3.8) is 0 Å². The zero-order valence-electron chi connectivity index (χ0n) is 11.0. The minimum absolute atomic E-state index is 0. The molecular formula is C11H21NaO6S. The van der Waals surface area contributed by atoms with Gasteiger partial charge in [0.05, 0.1) is 12.5 Å². The molecule has 2 N–H and O–H groups in total. The van der Waals surface area contributed by atoms with Gasteiger partial charge in [0.25, 0.3) is 10.1 Å². The first-order valence-corrected chi connectivity index (χ1v) is 7.31. The summed E-state index contributed by atoms with van der Waals surface area (Å²) in [5.41, 5.74) is -2.63. The number of esters is 1. The first-order chi connectivity index (χ1) is 7.99. The fraction of sp³-hybridized carbons (Fsp3) is 0.909. The molecule has 1 aliphatic carbocycles. The summed E-state index contributed by atoms with van der Waals surface area (Å²) in [5, 5.41) is 9.51. The summed E-state index contributed by atoms with van der Waals surface area (Å²) < 4.78 is 35.6. The zero-order valence-corrected chi connectivity index (χ0v) is 11.8. The molecule has 3 unspecified atom stereocenters. The van der Waals surface area contributed by atoms with E-state index in [9.17, 15) is 18.3 Å².